The van der Waals surface area contributed by atoms with Gasteiger partial charge in [0, 0.05) is 11.4 Å². The SMILES string of the molecule is COc1ccc(OCCC(=O)N[C@H](CN2CCCC2)[C@H](O)c2sccc2C)cc1.O=C(O)C(F)(F)F. The molecule has 1 fully saturated rings. The first kappa shape index (κ1) is 29.4. The van der Waals surface area contributed by atoms with Crippen LogP contribution in [0.4, 0.5) is 13.2 Å². The van der Waals surface area contributed by atoms with Crippen LogP contribution in [-0.4, -0.2) is 72.6 Å². The van der Waals surface area contributed by atoms with E-state index in [1.165, 1.54) is 24.2 Å². The summed E-state index contributed by atoms with van der Waals surface area (Å²) in [4.78, 5) is 24.7. The molecule has 2 atom stereocenters. The fourth-order valence-electron chi connectivity index (χ4n) is 3.55. The number of carboxylic acid groups (broad SMARTS) is 1. The number of hydrogen-bond acceptors (Lipinski definition) is 7. The molecular formula is C24H31F3N2O6S. The maximum atomic E-state index is 12.5. The number of likely N-dealkylation sites (tertiary alicyclic amines) is 1. The fraction of sp³-hybridized carbons (Fsp3) is 0.500. The molecule has 3 N–H and O–H groups in total. The van der Waals surface area contributed by atoms with Gasteiger partial charge >= 0.3 is 12.1 Å². The van der Waals surface area contributed by atoms with E-state index in [1.54, 1.807) is 7.11 Å². The van der Waals surface area contributed by atoms with Crippen LogP contribution < -0.4 is 14.8 Å². The number of alkyl halides is 3. The van der Waals surface area contributed by atoms with Crippen LogP contribution in [-0.2, 0) is 9.59 Å². The molecule has 0 spiro atoms. The summed E-state index contributed by atoms with van der Waals surface area (Å²) in [6.07, 6.45) is -3.21. The zero-order chi connectivity index (χ0) is 26.7. The highest BCUT2D eigenvalue weighted by atomic mass is 32.1. The number of aliphatic hydroxyl groups is 1. The van der Waals surface area contributed by atoms with E-state index in [9.17, 15) is 23.1 Å². The number of aryl methyl sites for hydroxylation is 1. The van der Waals surface area contributed by atoms with E-state index in [4.69, 9.17) is 19.4 Å². The molecule has 1 saturated heterocycles. The number of thiophene rings is 1. The second-order valence-corrected chi connectivity index (χ2v) is 9.12. The molecule has 0 radical (unpaired) electrons. The molecule has 0 bridgehead atoms. The molecule has 36 heavy (non-hydrogen) atoms. The van der Waals surface area contributed by atoms with Gasteiger partial charge in [-0.1, -0.05) is 0 Å². The molecule has 0 unspecified atom stereocenters. The van der Waals surface area contributed by atoms with Crippen LogP contribution in [0.25, 0.3) is 0 Å². The largest absolute Gasteiger partial charge is 0.497 e. The first-order valence-electron chi connectivity index (χ1n) is 11.3. The third-order valence-electron chi connectivity index (χ3n) is 5.45. The Labute approximate surface area is 211 Å². The average molecular weight is 533 g/mol. The van der Waals surface area contributed by atoms with E-state index < -0.39 is 18.2 Å². The summed E-state index contributed by atoms with van der Waals surface area (Å²) >= 11 is 1.53. The Morgan fingerprint density at radius 3 is 2.22 bits per heavy atom. The van der Waals surface area contributed by atoms with Gasteiger partial charge in [0.15, 0.2) is 0 Å². The van der Waals surface area contributed by atoms with Gasteiger partial charge < -0.3 is 29.9 Å². The minimum Gasteiger partial charge on any atom is -0.497 e. The van der Waals surface area contributed by atoms with Gasteiger partial charge in [-0.3, -0.25) is 4.79 Å². The highest BCUT2D eigenvalue weighted by Crippen LogP contribution is 2.27. The molecule has 12 heteroatoms. The van der Waals surface area contributed by atoms with Crippen molar-refractivity contribution in [3.63, 3.8) is 0 Å². The lowest BCUT2D eigenvalue weighted by atomic mass is 10.1. The average Bonchev–Trinajstić information content (AvgIpc) is 3.50. The third kappa shape index (κ3) is 9.67. The highest BCUT2D eigenvalue weighted by molar-refractivity contribution is 7.10. The Morgan fingerprint density at radius 1 is 1.14 bits per heavy atom. The lowest BCUT2D eigenvalue weighted by molar-refractivity contribution is -0.192. The Hall–Kier alpha value is -2.83. The lowest BCUT2D eigenvalue weighted by Crippen LogP contribution is -2.46. The van der Waals surface area contributed by atoms with Gasteiger partial charge in [0.2, 0.25) is 5.91 Å². The van der Waals surface area contributed by atoms with Crippen molar-refractivity contribution in [2.45, 2.75) is 44.5 Å². The van der Waals surface area contributed by atoms with Crippen molar-refractivity contribution in [3.8, 4) is 11.5 Å². The molecule has 2 aromatic rings. The van der Waals surface area contributed by atoms with Gasteiger partial charge in [-0.05, 0) is 74.1 Å². The van der Waals surface area contributed by atoms with Gasteiger partial charge in [-0.15, -0.1) is 11.3 Å². The lowest BCUT2D eigenvalue weighted by Gasteiger charge is -2.28. The van der Waals surface area contributed by atoms with Crippen LogP contribution in [0.15, 0.2) is 35.7 Å². The van der Waals surface area contributed by atoms with E-state index in [2.05, 4.69) is 10.2 Å². The number of aliphatic carboxylic acids is 1. The number of rotatable bonds is 10. The van der Waals surface area contributed by atoms with Gasteiger partial charge in [-0.2, -0.15) is 13.2 Å². The molecular weight excluding hydrogens is 501 g/mol. The van der Waals surface area contributed by atoms with Gasteiger partial charge in [0.1, 0.15) is 17.6 Å². The predicted molar refractivity (Wildman–Crippen MR) is 128 cm³/mol. The van der Waals surface area contributed by atoms with Crippen LogP contribution in [0.5, 0.6) is 11.5 Å². The zero-order valence-electron chi connectivity index (χ0n) is 20.1. The number of methoxy groups -OCH3 is 1. The minimum atomic E-state index is -5.08. The number of carboxylic acids is 1. The van der Waals surface area contributed by atoms with Crippen molar-refractivity contribution in [2.24, 2.45) is 0 Å². The number of nitrogens with zero attached hydrogens (tertiary/aromatic N) is 1. The Balaban J connectivity index is 0.000000572. The molecule has 1 aromatic carbocycles. The number of benzene rings is 1. The summed E-state index contributed by atoms with van der Waals surface area (Å²) in [6, 6.07) is 8.94. The summed E-state index contributed by atoms with van der Waals surface area (Å²) in [6.45, 7) is 4.96. The van der Waals surface area contributed by atoms with E-state index in [1.807, 2.05) is 42.6 Å². The summed E-state index contributed by atoms with van der Waals surface area (Å²) in [5.41, 5.74) is 1.06. The van der Waals surface area contributed by atoms with Crippen molar-refractivity contribution in [2.75, 3.05) is 33.4 Å². The Morgan fingerprint density at radius 2 is 1.72 bits per heavy atom. The number of carbonyl (C=O) groups is 2. The number of aliphatic hydroxyl groups excluding tert-OH is 1. The van der Waals surface area contributed by atoms with Crippen molar-refractivity contribution in [1.82, 2.24) is 10.2 Å². The molecule has 3 rings (SSSR count). The first-order valence-corrected chi connectivity index (χ1v) is 12.2. The normalized spacial score (nSPS) is 15.4. The van der Waals surface area contributed by atoms with Gasteiger partial charge in [-0.25, -0.2) is 4.79 Å². The molecule has 0 saturated carbocycles. The van der Waals surface area contributed by atoms with E-state index in [0.717, 1.165) is 29.3 Å². The van der Waals surface area contributed by atoms with Crippen molar-refractivity contribution < 1.29 is 42.4 Å². The van der Waals surface area contributed by atoms with Crippen LogP contribution in [0, 0.1) is 6.92 Å². The number of amides is 1. The smallest absolute Gasteiger partial charge is 0.490 e. The van der Waals surface area contributed by atoms with Crippen LogP contribution in [0.1, 0.15) is 35.8 Å². The number of hydrogen-bond donors (Lipinski definition) is 3. The number of carbonyl (C=O) groups excluding carboxylic acids is 1. The maximum Gasteiger partial charge on any atom is 0.490 e. The maximum absolute atomic E-state index is 12.5. The number of nitrogens with one attached hydrogen (secondary N) is 1. The zero-order valence-corrected chi connectivity index (χ0v) is 20.9. The minimum absolute atomic E-state index is 0.115. The molecule has 0 aliphatic carbocycles. The van der Waals surface area contributed by atoms with Crippen molar-refractivity contribution in [1.29, 1.82) is 0 Å². The first-order chi connectivity index (χ1) is 17.0. The predicted octanol–water partition coefficient (Wildman–Crippen LogP) is 3.78. The van der Waals surface area contributed by atoms with E-state index >= 15 is 0 Å². The second-order valence-electron chi connectivity index (χ2n) is 8.17. The topological polar surface area (TPSA) is 108 Å². The summed E-state index contributed by atoms with van der Waals surface area (Å²) in [7, 11) is 1.62. The van der Waals surface area contributed by atoms with Crippen LogP contribution in [0.2, 0.25) is 0 Å². The quantitative estimate of drug-likeness (QED) is 0.427. The molecule has 1 amide bonds. The summed E-state index contributed by atoms with van der Waals surface area (Å²) < 4.78 is 42.5. The van der Waals surface area contributed by atoms with Crippen molar-refractivity contribution in [3.05, 3.63) is 46.2 Å². The van der Waals surface area contributed by atoms with Crippen molar-refractivity contribution >= 4 is 23.2 Å². The highest BCUT2D eigenvalue weighted by Gasteiger charge is 2.38. The number of halogens is 3. The van der Waals surface area contributed by atoms with Crippen LogP contribution >= 0.6 is 11.3 Å². The molecule has 200 valence electrons. The summed E-state index contributed by atoms with van der Waals surface area (Å²) in [5, 5.41) is 23.1. The monoisotopic (exact) mass is 532 g/mol. The fourth-order valence-corrected chi connectivity index (χ4v) is 4.53. The third-order valence-corrected chi connectivity index (χ3v) is 6.54. The molecule has 8 nitrogen and oxygen atoms in total. The molecule has 1 aliphatic heterocycles. The Bertz CT molecular complexity index is 962. The van der Waals surface area contributed by atoms with E-state index in [0.29, 0.717) is 12.3 Å². The van der Waals surface area contributed by atoms with Gasteiger partial charge in [0.25, 0.3) is 0 Å². The Kier molecular flexibility index (Phi) is 11.5. The molecule has 1 aromatic heterocycles. The molecule has 2 heterocycles. The molecule has 1 aliphatic rings. The van der Waals surface area contributed by atoms with E-state index in [-0.39, 0.29) is 25.0 Å². The number of ether oxygens (including phenoxy) is 2. The standard InChI is InChI=1S/C22H30N2O4S.C2HF3O2/c1-16-10-14-29-22(16)21(26)19(15-24-11-3-4-12-24)23-20(25)9-13-28-18-7-5-17(27-2)6-8-18;3-2(4,5)1(6)7/h5-8,10,14,19,21,26H,3-4,9,11-13,15H2,1-2H3,(H,23,25);(H,6,7)/t19-,21+;/m1./s1. The summed E-state index contributed by atoms with van der Waals surface area (Å²) in [5.74, 6) is -1.41. The van der Waals surface area contributed by atoms with Gasteiger partial charge in [0.05, 0.1) is 26.2 Å². The van der Waals surface area contributed by atoms with Crippen LogP contribution in [0.3, 0.4) is 0 Å². The second kappa shape index (κ2) is 14.0.